The summed E-state index contributed by atoms with van der Waals surface area (Å²) < 4.78 is 0. The van der Waals surface area contributed by atoms with Gasteiger partial charge in [-0.1, -0.05) is 110 Å². The maximum absolute atomic E-state index is 12.8. The van der Waals surface area contributed by atoms with Crippen molar-refractivity contribution in [1.29, 1.82) is 0 Å². The predicted octanol–water partition coefficient (Wildman–Crippen LogP) is 6.42. The summed E-state index contributed by atoms with van der Waals surface area (Å²) in [6.07, 6.45) is 25.0. The van der Waals surface area contributed by atoms with Gasteiger partial charge in [-0.05, 0) is 31.4 Å². The highest BCUT2D eigenvalue weighted by Gasteiger charge is 2.22. The number of rotatable bonds is 24. The van der Waals surface area contributed by atoms with Crippen molar-refractivity contribution < 1.29 is 14.4 Å². The van der Waals surface area contributed by atoms with Crippen molar-refractivity contribution in [3.8, 4) is 0 Å². The van der Waals surface area contributed by atoms with Crippen LogP contribution in [0, 0.1) is 0 Å². The lowest BCUT2D eigenvalue weighted by atomic mass is 10.1. The molecule has 0 heterocycles. The van der Waals surface area contributed by atoms with E-state index in [0.29, 0.717) is 18.7 Å². The molecular formula is C31H53N3O3. The fourth-order valence-corrected chi connectivity index (χ4v) is 4.42. The van der Waals surface area contributed by atoms with Crippen molar-refractivity contribution in [2.24, 2.45) is 0 Å². The van der Waals surface area contributed by atoms with E-state index in [1.165, 1.54) is 77.0 Å². The van der Waals surface area contributed by atoms with Gasteiger partial charge in [0.05, 0.1) is 5.57 Å². The number of carbonyl (C=O) groups excluding carboxylic acids is 3. The molecule has 0 saturated heterocycles. The number of hydrogen-bond donors (Lipinski definition) is 3. The van der Waals surface area contributed by atoms with Gasteiger partial charge in [0.1, 0.15) is 6.04 Å². The van der Waals surface area contributed by atoms with Crippen molar-refractivity contribution >= 4 is 17.7 Å². The molecule has 6 heteroatoms. The van der Waals surface area contributed by atoms with Crippen molar-refractivity contribution in [2.45, 2.75) is 135 Å². The normalized spacial score (nSPS) is 12.9. The Morgan fingerprint density at radius 3 is 1.76 bits per heavy atom. The van der Waals surface area contributed by atoms with E-state index in [1.807, 2.05) is 0 Å². The van der Waals surface area contributed by atoms with Gasteiger partial charge in [0.15, 0.2) is 0 Å². The molecule has 1 rings (SSSR count). The Hall–Kier alpha value is -2.33. The molecule has 37 heavy (non-hydrogen) atoms. The third-order valence-electron chi connectivity index (χ3n) is 6.81. The summed E-state index contributed by atoms with van der Waals surface area (Å²) in [5.41, 5.74) is 3.27. The van der Waals surface area contributed by atoms with Crippen LogP contribution in [-0.2, 0) is 14.4 Å². The van der Waals surface area contributed by atoms with Crippen molar-refractivity contribution in [3.63, 3.8) is 0 Å². The zero-order chi connectivity index (χ0) is 27.0. The predicted molar refractivity (Wildman–Crippen MR) is 153 cm³/mol. The molecule has 210 valence electrons. The van der Waals surface area contributed by atoms with Crippen LogP contribution in [-0.4, -0.2) is 36.9 Å². The SMILES string of the molecule is CCCCCCCCCCNC(=O)CC[C@H](NC(=O)C1=C=CC=C1)C(=O)NCCCCCCCCCC. The molecule has 0 fully saturated rings. The first-order chi connectivity index (χ1) is 18.1. The summed E-state index contributed by atoms with van der Waals surface area (Å²) in [5, 5.41) is 8.72. The molecule has 0 saturated carbocycles. The van der Waals surface area contributed by atoms with E-state index >= 15 is 0 Å². The quantitative estimate of drug-likeness (QED) is 0.102. The van der Waals surface area contributed by atoms with E-state index in [9.17, 15) is 14.4 Å². The van der Waals surface area contributed by atoms with Gasteiger partial charge in [-0.25, -0.2) is 0 Å². The Bertz CT molecular complexity index is 738. The first-order valence-electron chi connectivity index (χ1n) is 15.1. The lowest BCUT2D eigenvalue weighted by Gasteiger charge is -2.18. The second-order valence-corrected chi connectivity index (χ2v) is 10.2. The number of nitrogens with one attached hydrogen (secondary N) is 3. The van der Waals surface area contributed by atoms with Crippen LogP contribution in [0.25, 0.3) is 0 Å². The minimum absolute atomic E-state index is 0.0714. The van der Waals surface area contributed by atoms with Gasteiger partial charge in [0, 0.05) is 19.5 Å². The summed E-state index contributed by atoms with van der Waals surface area (Å²) in [4.78, 5) is 37.7. The fraction of sp³-hybridized carbons (Fsp3) is 0.742. The van der Waals surface area contributed by atoms with Crippen molar-refractivity contribution in [2.75, 3.05) is 13.1 Å². The summed E-state index contributed by atoms with van der Waals surface area (Å²) in [6, 6.07) is -0.737. The molecule has 1 aliphatic carbocycles. The molecule has 0 aromatic rings. The van der Waals surface area contributed by atoms with Crippen LogP contribution in [0.15, 0.2) is 29.5 Å². The molecule has 1 atom stereocenters. The largest absolute Gasteiger partial charge is 0.356 e. The number of amides is 3. The number of hydrogen-bond acceptors (Lipinski definition) is 3. The van der Waals surface area contributed by atoms with Crippen LogP contribution in [0.2, 0.25) is 0 Å². The zero-order valence-corrected chi connectivity index (χ0v) is 23.7. The molecular weight excluding hydrogens is 462 g/mol. The molecule has 0 aliphatic heterocycles. The number of unbranched alkanes of at least 4 members (excludes halogenated alkanes) is 14. The van der Waals surface area contributed by atoms with Crippen LogP contribution in [0.1, 0.15) is 129 Å². The summed E-state index contributed by atoms with van der Waals surface area (Å²) in [7, 11) is 0. The third-order valence-corrected chi connectivity index (χ3v) is 6.81. The van der Waals surface area contributed by atoms with Gasteiger partial charge in [-0.3, -0.25) is 14.4 Å². The molecule has 6 nitrogen and oxygen atoms in total. The zero-order valence-electron chi connectivity index (χ0n) is 23.7. The van der Waals surface area contributed by atoms with E-state index in [2.05, 4.69) is 35.5 Å². The number of allylic oxidation sites excluding steroid dienone is 1. The Labute approximate surface area is 226 Å². The fourth-order valence-electron chi connectivity index (χ4n) is 4.42. The van der Waals surface area contributed by atoms with E-state index in [4.69, 9.17) is 0 Å². The Kier molecular flexibility index (Phi) is 20.2. The van der Waals surface area contributed by atoms with Crippen LogP contribution < -0.4 is 16.0 Å². The Balaban J connectivity index is 2.31. The van der Waals surface area contributed by atoms with Crippen LogP contribution >= 0.6 is 0 Å². The second-order valence-electron chi connectivity index (χ2n) is 10.2. The first kappa shape index (κ1) is 32.7. The van der Waals surface area contributed by atoms with E-state index in [1.54, 1.807) is 18.2 Å². The minimum Gasteiger partial charge on any atom is -0.356 e. The van der Waals surface area contributed by atoms with Gasteiger partial charge < -0.3 is 16.0 Å². The van der Waals surface area contributed by atoms with E-state index in [0.717, 1.165) is 25.7 Å². The smallest absolute Gasteiger partial charge is 0.259 e. The molecule has 3 N–H and O–H groups in total. The third kappa shape index (κ3) is 17.7. The van der Waals surface area contributed by atoms with Gasteiger partial charge in [0.2, 0.25) is 11.8 Å². The second kappa shape index (κ2) is 22.8. The topological polar surface area (TPSA) is 87.3 Å². The molecule has 1 aliphatic rings. The van der Waals surface area contributed by atoms with E-state index in [-0.39, 0.29) is 30.6 Å². The summed E-state index contributed by atoms with van der Waals surface area (Å²) >= 11 is 0. The molecule has 0 bridgehead atoms. The lowest BCUT2D eigenvalue weighted by molar-refractivity contribution is -0.128. The van der Waals surface area contributed by atoms with Crippen molar-refractivity contribution in [3.05, 3.63) is 29.5 Å². The minimum atomic E-state index is -0.737. The maximum atomic E-state index is 12.8. The average Bonchev–Trinajstić information content (AvgIpc) is 3.44. The highest BCUT2D eigenvalue weighted by Crippen LogP contribution is 2.10. The number of carbonyl (C=O) groups is 3. The Morgan fingerprint density at radius 1 is 0.730 bits per heavy atom. The highest BCUT2D eigenvalue weighted by molar-refractivity contribution is 5.99. The van der Waals surface area contributed by atoms with Crippen LogP contribution in [0.4, 0.5) is 0 Å². The molecule has 0 spiro atoms. The average molecular weight is 516 g/mol. The molecule has 3 amide bonds. The molecule has 0 unspecified atom stereocenters. The van der Waals surface area contributed by atoms with Gasteiger partial charge >= 0.3 is 0 Å². The molecule has 0 radical (unpaired) electrons. The molecule has 0 aromatic heterocycles. The standard InChI is InChI=1S/C31H53N3O3/c1-3-5-7-9-11-13-15-19-25-32-29(35)24-23-28(34-30(36)27-21-17-18-22-27)31(37)33-26-20-16-14-12-10-8-6-4-2/h17-18,21,28H,3-16,19-20,23-26H2,1-2H3,(H,32,35)(H,33,37)(H,34,36)/t28-/m0/s1. The van der Waals surface area contributed by atoms with Crippen molar-refractivity contribution in [1.82, 2.24) is 16.0 Å². The summed E-state index contributed by atoms with van der Waals surface area (Å²) in [6.45, 7) is 5.71. The monoisotopic (exact) mass is 515 g/mol. The lowest BCUT2D eigenvalue weighted by Crippen LogP contribution is -2.47. The highest BCUT2D eigenvalue weighted by atomic mass is 16.2. The summed E-state index contributed by atoms with van der Waals surface area (Å²) in [5.74, 6) is -0.631. The van der Waals surface area contributed by atoms with Crippen LogP contribution in [0.3, 0.4) is 0 Å². The van der Waals surface area contributed by atoms with Gasteiger partial charge in [-0.2, -0.15) is 0 Å². The van der Waals surface area contributed by atoms with Gasteiger partial charge in [0.25, 0.3) is 5.91 Å². The van der Waals surface area contributed by atoms with Gasteiger partial charge in [-0.15, -0.1) is 5.73 Å². The maximum Gasteiger partial charge on any atom is 0.259 e. The van der Waals surface area contributed by atoms with E-state index < -0.39 is 6.04 Å². The van der Waals surface area contributed by atoms with Crippen LogP contribution in [0.5, 0.6) is 0 Å². The Morgan fingerprint density at radius 2 is 1.24 bits per heavy atom. The first-order valence-corrected chi connectivity index (χ1v) is 15.1. The molecule has 0 aromatic carbocycles.